The van der Waals surface area contributed by atoms with Crippen molar-refractivity contribution in [2.24, 2.45) is 5.92 Å². The fourth-order valence-electron chi connectivity index (χ4n) is 2.30. The molecule has 98 valence electrons. The van der Waals surface area contributed by atoms with Crippen molar-refractivity contribution in [1.82, 2.24) is 10.6 Å². The minimum atomic E-state index is 0.0403. The third-order valence-electron chi connectivity index (χ3n) is 3.44. The SMILES string of the molecule is Cc1cc(Br)ccc1C(=O)NCC1CCNCC1. The fourth-order valence-corrected chi connectivity index (χ4v) is 2.78. The van der Waals surface area contributed by atoms with Crippen LogP contribution in [-0.4, -0.2) is 25.5 Å². The molecule has 2 N–H and O–H groups in total. The number of rotatable bonds is 3. The highest BCUT2D eigenvalue weighted by Gasteiger charge is 2.15. The predicted molar refractivity (Wildman–Crippen MR) is 76.8 cm³/mol. The number of hydrogen-bond donors (Lipinski definition) is 2. The van der Waals surface area contributed by atoms with E-state index in [1.807, 2.05) is 25.1 Å². The van der Waals surface area contributed by atoms with E-state index < -0.39 is 0 Å². The average molecular weight is 311 g/mol. The highest BCUT2D eigenvalue weighted by atomic mass is 79.9. The van der Waals surface area contributed by atoms with Gasteiger partial charge in [0.2, 0.25) is 0 Å². The van der Waals surface area contributed by atoms with E-state index in [1.165, 1.54) is 0 Å². The molecular weight excluding hydrogens is 292 g/mol. The third kappa shape index (κ3) is 3.56. The third-order valence-corrected chi connectivity index (χ3v) is 3.94. The van der Waals surface area contributed by atoms with Crippen molar-refractivity contribution in [2.75, 3.05) is 19.6 Å². The van der Waals surface area contributed by atoms with E-state index in [2.05, 4.69) is 26.6 Å². The summed E-state index contributed by atoms with van der Waals surface area (Å²) in [5.74, 6) is 0.657. The first-order valence-corrected chi connectivity index (χ1v) is 7.21. The fraction of sp³-hybridized carbons (Fsp3) is 0.500. The first-order chi connectivity index (χ1) is 8.66. The molecule has 1 aromatic carbocycles. The van der Waals surface area contributed by atoms with Crippen LogP contribution in [0.15, 0.2) is 22.7 Å². The van der Waals surface area contributed by atoms with E-state index in [9.17, 15) is 4.79 Å². The van der Waals surface area contributed by atoms with E-state index in [0.717, 1.165) is 48.1 Å². The molecule has 0 aliphatic carbocycles. The number of piperidine rings is 1. The second kappa shape index (κ2) is 6.34. The molecule has 1 heterocycles. The summed E-state index contributed by atoms with van der Waals surface area (Å²) < 4.78 is 1.01. The van der Waals surface area contributed by atoms with Gasteiger partial charge in [0.1, 0.15) is 0 Å². The van der Waals surface area contributed by atoms with Gasteiger partial charge in [-0.1, -0.05) is 15.9 Å². The Bertz CT molecular complexity index is 428. The molecule has 0 radical (unpaired) electrons. The Morgan fingerprint density at radius 2 is 2.17 bits per heavy atom. The summed E-state index contributed by atoms with van der Waals surface area (Å²) in [5, 5.41) is 6.38. The maximum Gasteiger partial charge on any atom is 0.251 e. The first-order valence-electron chi connectivity index (χ1n) is 6.42. The normalized spacial score (nSPS) is 16.6. The molecule has 18 heavy (non-hydrogen) atoms. The van der Waals surface area contributed by atoms with Crippen molar-refractivity contribution in [3.8, 4) is 0 Å². The predicted octanol–water partition coefficient (Wildman–Crippen LogP) is 2.49. The molecule has 0 saturated carbocycles. The lowest BCUT2D eigenvalue weighted by molar-refractivity contribution is 0.0943. The minimum absolute atomic E-state index is 0.0403. The number of carbonyl (C=O) groups excluding carboxylic acids is 1. The lowest BCUT2D eigenvalue weighted by atomic mass is 9.98. The van der Waals surface area contributed by atoms with Gasteiger partial charge in [-0.2, -0.15) is 0 Å². The highest BCUT2D eigenvalue weighted by molar-refractivity contribution is 9.10. The zero-order valence-electron chi connectivity index (χ0n) is 10.6. The quantitative estimate of drug-likeness (QED) is 0.900. The number of aryl methyl sites for hydroxylation is 1. The Hall–Kier alpha value is -0.870. The van der Waals surface area contributed by atoms with Gasteiger partial charge in [0.25, 0.3) is 5.91 Å². The Balaban J connectivity index is 1.90. The summed E-state index contributed by atoms with van der Waals surface area (Å²) >= 11 is 3.41. The number of carbonyl (C=O) groups is 1. The van der Waals surface area contributed by atoms with Crippen LogP contribution in [0.2, 0.25) is 0 Å². The first kappa shape index (κ1) is 13.6. The summed E-state index contributed by atoms with van der Waals surface area (Å²) in [6, 6.07) is 5.75. The molecule has 0 unspecified atom stereocenters. The van der Waals surface area contributed by atoms with Gasteiger partial charge in [0.05, 0.1) is 0 Å². The van der Waals surface area contributed by atoms with Crippen LogP contribution in [0, 0.1) is 12.8 Å². The Kier molecular flexibility index (Phi) is 4.78. The zero-order valence-corrected chi connectivity index (χ0v) is 12.2. The van der Waals surface area contributed by atoms with Gasteiger partial charge in [-0.05, 0) is 62.5 Å². The maximum absolute atomic E-state index is 12.1. The Morgan fingerprint density at radius 3 is 2.83 bits per heavy atom. The van der Waals surface area contributed by atoms with Crippen LogP contribution in [0.25, 0.3) is 0 Å². The van der Waals surface area contributed by atoms with Gasteiger partial charge < -0.3 is 10.6 Å². The van der Waals surface area contributed by atoms with Gasteiger partial charge >= 0.3 is 0 Å². The van der Waals surface area contributed by atoms with Gasteiger partial charge in [0, 0.05) is 16.6 Å². The van der Waals surface area contributed by atoms with Crippen LogP contribution in [0.1, 0.15) is 28.8 Å². The average Bonchev–Trinajstić information content (AvgIpc) is 2.37. The van der Waals surface area contributed by atoms with Crippen molar-refractivity contribution >= 4 is 21.8 Å². The van der Waals surface area contributed by atoms with Crippen LogP contribution in [0.5, 0.6) is 0 Å². The molecule has 1 aliphatic rings. The molecule has 1 aliphatic heterocycles. The largest absolute Gasteiger partial charge is 0.352 e. The highest BCUT2D eigenvalue weighted by Crippen LogP contribution is 2.16. The van der Waals surface area contributed by atoms with Crippen LogP contribution in [-0.2, 0) is 0 Å². The Morgan fingerprint density at radius 1 is 1.44 bits per heavy atom. The summed E-state index contributed by atoms with van der Waals surface area (Å²) in [5.41, 5.74) is 1.78. The lowest BCUT2D eigenvalue weighted by Gasteiger charge is -2.22. The molecule has 1 saturated heterocycles. The molecule has 1 aromatic rings. The van der Waals surface area contributed by atoms with Crippen LogP contribution in [0.3, 0.4) is 0 Å². The number of nitrogens with one attached hydrogen (secondary N) is 2. The standard InChI is InChI=1S/C14H19BrN2O/c1-10-8-12(15)2-3-13(10)14(18)17-9-11-4-6-16-7-5-11/h2-3,8,11,16H,4-7,9H2,1H3,(H,17,18). The van der Waals surface area contributed by atoms with Gasteiger partial charge in [-0.25, -0.2) is 0 Å². The lowest BCUT2D eigenvalue weighted by Crippen LogP contribution is -2.36. The van der Waals surface area contributed by atoms with E-state index in [1.54, 1.807) is 0 Å². The van der Waals surface area contributed by atoms with Crippen molar-refractivity contribution in [3.05, 3.63) is 33.8 Å². The van der Waals surface area contributed by atoms with Gasteiger partial charge in [-0.15, -0.1) is 0 Å². The summed E-state index contributed by atoms with van der Waals surface area (Å²) in [4.78, 5) is 12.1. The van der Waals surface area contributed by atoms with Crippen molar-refractivity contribution in [3.63, 3.8) is 0 Å². The van der Waals surface area contributed by atoms with Crippen LogP contribution in [0.4, 0.5) is 0 Å². The second-order valence-electron chi connectivity index (χ2n) is 4.86. The maximum atomic E-state index is 12.1. The number of amides is 1. The topological polar surface area (TPSA) is 41.1 Å². The van der Waals surface area contributed by atoms with E-state index in [4.69, 9.17) is 0 Å². The van der Waals surface area contributed by atoms with E-state index in [-0.39, 0.29) is 5.91 Å². The minimum Gasteiger partial charge on any atom is -0.352 e. The molecular formula is C14H19BrN2O. The molecule has 0 bridgehead atoms. The van der Waals surface area contributed by atoms with Crippen molar-refractivity contribution < 1.29 is 4.79 Å². The van der Waals surface area contributed by atoms with Crippen LogP contribution < -0.4 is 10.6 Å². The zero-order chi connectivity index (χ0) is 13.0. The Labute approximate surface area is 116 Å². The van der Waals surface area contributed by atoms with Gasteiger partial charge in [-0.3, -0.25) is 4.79 Å². The number of halogens is 1. The molecule has 4 heteroatoms. The number of hydrogen-bond acceptors (Lipinski definition) is 2. The molecule has 1 amide bonds. The van der Waals surface area contributed by atoms with E-state index in [0.29, 0.717) is 5.92 Å². The molecule has 1 fully saturated rings. The van der Waals surface area contributed by atoms with Crippen molar-refractivity contribution in [2.45, 2.75) is 19.8 Å². The van der Waals surface area contributed by atoms with Gasteiger partial charge in [0.15, 0.2) is 0 Å². The summed E-state index contributed by atoms with van der Waals surface area (Å²) in [6.45, 7) is 4.88. The van der Waals surface area contributed by atoms with Crippen molar-refractivity contribution in [1.29, 1.82) is 0 Å². The monoisotopic (exact) mass is 310 g/mol. The smallest absolute Gasteiger partial charge is 0.251 e. The summed E-state index contributed by atoms with van der Waals surface area (Å²) in [7, 11) is 0. The van der Waals surface area contributed by atoms with Crippen LogP contribution >= 0.6 is 15.9 Å². The molecule has 2 rings (SSSR count). The molecule has 0 spiro atoms. The summed E-state index contributed by atoms with van der Waals surface area (Å²) in [6.07, 6.45) is 2.30. The molecule has 0 aromatic heterocycles. The van der Waals surface area contributed by atoms with E-state index >= 15 is 0 Å². The molecule has 0 atom stereocenters. The molecule has 3 nitrogen and oxygen atoms in total. The number of benzene rings is 1. The second-order valence-corrected chi connectivity index (χ2v) is 5.78.